The highest BCUT2D eigenvalue weighted by molar-refractivity contribution is 5.99. The molecule has 0 saturated carbocycles. The number of aryl methyl sites for hydroxylation is 1. The number of carbonyl (C=O) groups excluding carboxylic acids is 1. The number of likely N-dealkylation sites (N-methyl/N-ethyl adjacent to an activating group) is 1. The summed E-state index contributed by atoms with van der Waals surface area (Å²) in [4.78, 5) is 14.4. The molecule has 3 rings (SSSR count). The van der Waals surface area contributed by atoms with Crippen molar-refractivity contribution in [1.29, 1.82) is 0 Å². The van der Waals surface area contributed by atoms with Crippen LogP contribution >= 0.6 is 0 Å². The molecule has 2 aliphatic heterocycles. The maximum atomic E-state index is 12.5. The number of amides is 1. The summed E-state index contributed by atoms with van der Waals surface area (Å²) in [6.07, 6.45) is 0. The van der Waals surface area contributed by atoms with Crippen LogP contribution < -0.4 is 5.32 Å². The van der Waals surface area contributed by atoms with E-state index in [9.17, 15) is 4.79 Å². The van der Waals surface area contributed by atoms with Crippen molar-refractivity contribution in [3.05, 3.63) is 34.9 Å². The second-order valence-electron chi connectivity index (χ2n) is 5.44. The topological polar surface area (TPSA) is 32.3 Å². The third kappa shape index (κ3) is 1.23. The first-order valence-electron chi connectivity index (χ1n) is 6.14. The highest BCUT2D eigenvalue weighted by Gasteiger charge is 2.49. The Kier molecular flexibility index (Phi) is 2.11. The van der Waals surface area contributed by atoms with E-state index in [1.165, 1.54) is 5.56 Å². The molecule has 0 bridgehead atoms. The minimum atomic E-state index is -0.0716. The minimum Gasteiger partial charge on any atom is -0.334 e. The molecule has 1 N–H and O–H groups in total. The molecule has 0 spiro atoms. The molecule has 0 aliphatic carbocycles. The van der Waals surface area contributed by atoms with Crippen LogP contribution in [-0.2, 0) is 0 Å². The Labute approximate surface area is 102 Å². The van der Waals surface area contributed by atoms with Gasteiger partial charge in [-0.2, -0.15) is 0 Å². The van der Waals surface area contributed by atoms with Gasteiger partial charge < -0.3 is 10.2 Å². The normalized spacial score (nSPS) is 31.4. The lowest BCUT2D eigenvalue weighted by Crippen LogP contribution is -2.55. The summed E-state index contributed by atoms with van der Waals surface area (Å²) in [5.74, 6) is 0.584. The van der Waals surface area contributed by atoms with E-state index in [0.717, 1.165) is 24.2 Å². The Hall–Kier alpha value is -1.35. The number of nitrogens with zero attached hydrogens (tertiary/aromatic N) is 1. The van der Waals surface area contributed by atoms with Gasteiger partial charge in [0.25, 0.3) is 5.91 Å². The molecule has 0 aromatic heterocycles. The Morgan fingerprint density at radius 3 is 3.00 bits per heavy atom. The molecule has 2 heterocycles. The van der Waals surface area contributed by atoms with E-state index in [1.54, 1.807) is 0 Å². The Bertz CT molecular complexity index is 497. The SMILES string of the molecule is Cc1cccc2c1C(=O)N(C)C1(C)CNCC21. The first-order chi connectivity index (χ1) is 8.05. The van der Waals surface area contributed by atoms with Gasteiger partial charge in [0, 0.05) is 31.6 Å². The van der Waals surface area contributed by atoms with Gasteiger partial charge in [-0.3, -0.25) is 4.79 Å². The maximum absolute atomic E-state index is 12.5. The summed E-state index contributed by atoms with van der Waals surface area (Å²) in [6, 6.07) is 6.20. The molecule has 90 valence electrons. The van der Waals surface area contributed by atoms with E-state index in [0.29, 0.717) is 5.92 Å². The Morgan fingerprint density at radius 1 is 1.47 bits per heavy atom. The second kappa shape index (κ2) is 3.33. The average Bonchev–Trinajstić information content (AvgIpc) is 2.69. The Morgan fingerprint density at radius 2 is 2.24 bits per heavy atom. The fourth-order valence-electron chi connectivity index (χ4n) is 3.28. The van der Waals surface area contributed by atoms with E-state index in [1.807, 2.05) is 24.9 Å². The molecular formula is C14H18N2O. The monoisotopic (exact) mass is 230 g/mol. The van der Waals surface area contributed by atoms with Gasteiger partial charge >= 0.3 is 0 Å². The molecule has 3 nitrogen and oxygen atoms in total. The molecule has 1 aromatic rings. The lowest BCUT2D eigenvalue weighted by molar-refractivity contribution is 0.0555. The summed E-state index contributed by atoms with van der Waals surface area (Å²) in [7, 11) is 1.93. The quantitative estimate of drug-likeness (QED) is 0.733. The summed E-state index contributed by atoms with van der Waals surface area (Å²) in [5.41, 5.74) is 3.16. The van der Waals surface area contributed by atoms with Crippen molar-refractivity contribution < 1.29 is 4.79 Å². The van der Waals surface area contributed by atoms with Gasteiger partial charge in [-0.1, -0.05) is 18.2 Å². The number of benzene rings is 1. The van der Waals surface area contributed by atoms with Gasteiger partial charge in [0.15, 0.2) is 0 Å². The minimum absolute atomic E-state index is 0.0716. The van der Waals surface area contributed by atoms with Crippen LogP contribution in [0.2, 0.25) is 0 Å². The first-order valence-corrected chi connectivity index (χ1v) is 6.14. The molecule has 1 aromatic carbocycles. The molecule has 3 heteroatoms. The molecule has 1 fully saturated rings. The van der Waals surface area contributed by atoms with Gasteiger partial charge in [-0.05, 0) is 25.0 Å². The van der Waals surface area contributed by atoms with Gasteiger partial charge in [-0.25, -0.2) is 0 Å². The van der Waals surface area contributed by atoms with Crippen molar-refractivity contribution >= 4 is 5.91 Å². The van der Waals surface area contributed by atoms with Crippen molar-refractivity contribution in [2.24, 2.45) is 0 Å². The summed E-state index contributed by atoms with van der Waals surface area (Å²) in [6.45, 7) is 6.05. The van der Waals surface area contributed by atoms with Crippen molar-refractivity contribution in [3.63, 3.8) is 0 Å². The molecule has 2 atom stereocenters. The second-order valence-corrected chi connectivity index (χ2v) is 5.44. The van der Waals surface area contributed by atoms with Crippen molar-refractivity contribution in [2.75, 3.05) is 20.1 Å². The number of nitrogens with one attached hydrogen (secondary N) is 1. The van der Waals surface area contributed by atoms with Crippen LogP contribution in [0.3, 0.4) is 0 Å². The van der Waals surface area contributed by atoms with Crippen molar-refractivity contribution in [1.82, 2.24) is 10.2 Å². The Balaban J connectivity index is 2.26. The largest absolute Gasteiger partial charge is 0.334 e. The number of hydrogen-bond donors (Lipinski definition) is 1. The summed E-state index contributed by atoms with van der Waals surface area (Å²) < 4.78 is 0. The molecule has 1 amide bonds. The van der Waals surface area contributed by atoms with Crippen LogP contribution in [0.1, 0.15) is 34.3 Å². The number of carbonyl (C=O) groups is 1. The molecule has 17 heavy (non-hydrogen) atoms. The highest BCUT2D eigenvalue weighted by atomic mass is 16.2. The van der Waals surface area contributed by atoms with E-state index in [-0.39, 0.29) is 11.4 Å². The first kappa shape index (κ1) is 10.8. The van der Waals surface area contributed by atoms with Crippen LogP contribution in [0.25, 0.3) is 0 Å². The third-order valence-corrected chi connectivity index (χ3v) is 4.55. The summed E-state index contributed by atoms with van der Waals surface area (Å²) in [5, 5.41) is 3.42. The average molecular weight is 230 g/mol. The van der Waals surface area contributed by atoms with Gasteiger partial charge in [0.1, 0.15) is 0 Å². The van der Waals surface area contributed by atoms with E-state index in [2.05, 4.69) is 24.4 Å². The molecule has 1 saturated heterocycles. The van der Waals surface area contributed by atoms with Gasteiger partial charge in [0.2, 0.25) is 0 Å². The zero-order valence-electron chi connectivity index (χ0n) is 10.6. The fourth-order valence-corrected chi connectivity index (χ4v) is 3.28. The number of fused-ring (bicyclic) bond motifs is 3. The number of hydrogen-bond acceptors (Lipinski definition) is 2. The molecular weight excluding hydrogens is 212 g/mol. The zero-order chi connectivity index (χ0) is 12.2. The summed E-state index contributed by atoms with van der Waals surface area (Å²) >= 11 is 0. The lowest BCUT2D eigenvalue weighted by atomic mass is 9.75. The van der Waals surface area contributed by atoms with Crippen molar-refractivity contribution in [2.45, 2.75) is 25.3 Å². The predicted octanol–water partition coefficient (Wildman–Crippen LogP) is 1.53. The highest BCUT2D eigenvalue weighted by Crippen LogP contribution is 2.42. The fraction of sp³-hybridized carbons (Fsp3) is 0.500. The van der Waals surface area contributed by atoms with Crippen LogP contribution in [0.4, 0.5) is 0 Å². The number of rotatable bonds is 0. The van der Waals surface area contributed by atoms with Crippen LogP contribution in [-0.4, -0.2) is 36.5 Å². The lowest BCUT2D eigenvalue weighted by Gasteiger charge is -2.45. The van der Waals surface area contributed by atoms with Crippen molar-refractivity contribution in [3.8, 4) is 0 Å². The maximum Gasteiger partial charge on any atom is 0.254 e. The van der Waals surface area contributed by atoms with Gasteiger partial charge in [0.05, 0.1) is 5.54 Å². The van der Waals surface area contributed by atoms with Crippen LogP contribution in [0.5, 0.6) is 0 Å². The van der Waals surface area contributed by atoms with E-state index in [4.69, 9.17) is 0 Å². The van der Waals surface area contributed by atoms with E-state index >= 15 is 0 Å². The van der Waals surface area contributed by atoms with E-state index < -0.39 is 0 Å². The van der Waals surface area contributed by atoms with Gasteiger partial charge in [-0.15, -0.1) is 0 Å². The van der Waals surface area contributed by atoms with Crippen LogP contribution in [0.15, 0.2) is 18.2 Å². The zero-order valence-corrected chi connectivity index (χ0v) is 10.6. The predicted molar refractivity (Wildman–Crippen MR) is 67.3 cm³/mol. The standard InChI is InChI=1S/C14H18N2O/c1-9-5-4-6-10-11-7-15-8-14(11,2)16(3)13(17)12(9)10/h4-6,11,15H,7-8H2,1-3H3. The molecule has 0 radical (unpaired) electrons. The molecule has 2 unspecified atom stereocenters. The molecule has 2 aliphatic rings. The van der Waals surface area contributed by atoms with Crippen LogP contribution in [0, 0.1) is 6.92 Å². The smallest absolute Gasteiger partial charge is 0.254 e. The third-order valence-electron chi connectivity index (χ3n) is 4.55.